The molecule has 0 radical (unpaired) electrons. The number of anilines is 1. The van der Waals surface area contributed by atoms with E-state index in [-0.39, 0.29) is 41.4 Å². The zero-order valence-electron chi connectivity index (χ0n) is 12.1. The first-order valence-electron chi connectivity index (χ1n) is 6.85. The van der Waals surface area contributed by atoms with E-state index in [1.165, 1.54) is 5.56 Å². The van der Waals surface area contributed by atoms with Crippen LogP contribution in [0.25, 0.3) is 0 Å². The Balaban J connectivity index is 0.00000220. The van der Waals surface area contributed by atoms with E-state index in [1.54, 1.807) is 0 Å². The third kappa shape index (κ3) is 5.82. The van der Waals surface area contributed by atoms with Crippen molar-refractivity contribution in [3.63, 3.8) is 0 Å². The topological polar surface area (TPSA) is 84.5 Å². The summed E-state index contributed by atoms with van der Waals surface area (Å²) in [4.78, 5) is 4.24. The van der Waals surface area contributed by atoms with Crippen molar-refractivity contribution in [2.45, 2.75) is 19.8 Å². The summed E-state index contributed by atoms with van der Waals surface area (Å²) in [7, 11) is -2.84. The number of nitrogens with zero attached hydrogens (tertiary/aromatic N) is 1. The molecule has 0 aliphatic carbocycles. The molecule has 5 nitrogen and oxygen atoms in total. The number of guanidine groups is 1. The Morgan fingerprint density at radius 1 is 1.48 bits per heavy atom. The Hall–Kier alpha value is -0.830. The van der Waals surface area contributed by atoms with E-state index >= 15 is 0 Å². The SMILES string of the molecule is CCc1cccc(NC(N)=NCC2CCS(=O)(=O)C2)c1.I. The molecular formula is C14H22IN3O2S. The van der Waals surface area contributed by atoms with E-state index in [1.807, 2.05) is 18.2 Å². The standard InChI is InChI=1S/C14H21N3O2S.HI/c1-2-11-4-3-5-13(8-11)17-14(15)16-9-12-6-7-20(18,19)10-12;/h3-5,8,12H,2,6-7,9-10H2,1H3,(H3,15,16,17);1H. The number of aliphatic imine (C=N–C) groups is 1. The number of nitrogens with one attached hydrogen (secondary N) is 1. The number of sulfone groups is 1. The molecule has 2 rings (SSSR count). The summed E-state index contributed by atoms with van der Waals surface area (Å²) in [6.45, 7) is 2.56. The minimum absolute atomic E-state index is 0. The Kier molecular flexibility index (Phi) is 6.92. The lowest BCUT2D eigenvalue weighted by molar-refractivity contribution is 0.591. The number of halogens is 1. The van der Waals surface area contributed by atoms with Crippen LogP contribution >= 0.6 is 24.0 Å². The molecule has 0 spiro atoms. The van der Waals surface area contributed by atoms with Crippen molar-refractivity contribution < 1.29 is 8.42 Å². The lowest BCUT2D eigenvalue weighted by atomic mass is 10.1. The molecule has 0 amide bonds. The van der Waals surface area contributed by atoms with Gasteiger partial charge < -0.3 is 11.1 Å². The van der Waals surface area contributed by atoms with Gasteiger partial charge in [-0.1, -0.05) is 19.1 Å². The van der Waals surface area contributed by atoms with Gasteiger partial charge in [0.05, 0.1) is 11.5 Å². The number of hydrogen-bond acceptors (Lipinski definition) is 3. The van der Waals surface area contributed by atoms with Crippen molar-refractivity contribution in [3.05, 3.63) is 29.8 Å². The second-order valence-electron chi connectivity index (χ2n) is 5.17. The van der Waals surface area contributed by atoms with E-state index < -0.39 is 9.84 Å². The molecule has 1 unspecified atom stereocenters. The molecule has 1 aromatic rings. The van der Waals surface area contributed by atoms with Gasteiger partial charge in [0.15, 0.2) is 15.8 Å². The van der Waals surface area contributed by atoms with Gasteiger partial charge in [0.2, 0.25) is 0 Å². The van der Waals surface area contributed by atoms with E-state index in [4.69, 9.17) is 5.73 Å². The molecule has 3 N–H and O–H groups in total. The number of aryl methyl sites for hydroxylation is 1. The summed E-state index contributed by atoms with van der Waals surface area (Å²) < 4.78 is 22.7. The molecule has 1 heterocycles. The van der Waals surface area contributed by atoms with E-state index in [0.29, 0.717) is 18.9 Å². The second-order valence-corrected chi connectivity index (χ2v) is 7.40. The average molecular weight is 423 g/mol. The molecule has 1 aromatic carbocycles. The fraction of sp³-hybridized carbons (Fsp3) is 0.500. The van der Waals surface area contributed by atoms with Crippen molar-refractivity contribution in [1.29, 1.82) is 0 Å². The van der Waals surface area contributed by atoms with E-state index in [0.717, 1.165) is 12.1 Å². The highest BCUT2D eigenvalue weighted by atomic mass is 127. The maximum absolute atomic E-state index is 11.4. The zero-order chi connectivity index (χ0) is 14.6. The Labute approximate surface area is 143 Å². The zero-order valence-corrected chi connectivity index (χ0v) is 15.2. The normalized spacial score (nSPS) is 20.8. The quantitative estimate of drug-likeness (QED) is 0.441. The number of benzene rings is 1. The highest BCUT2D eigenvalue weighted by Gasteiger charge is 2.27. The summed E-state index contributed by atoms with van der Waals surface area (Å²) in [5, 5.41) is 3.04. The first kappa shape index (κ1) is 18.2. The molecule has 1 aliphatic heterocycles. The maximum Gasteiger partial charge on any atom is 0.193 e. The van der Waals surface area contributed by atoms with Gasteiger partial charge in [0.1, 0.15) is 0 Å². The Bertz CT molecular complexity index is 602. The van der Waals surface area contributed by atoms with Crippen LogP contribution in [-0.2, 0) is 16.3 Å². The van der Waals surface area contributed by atoms with Gasteiger partial charge in [0.25, 0.3) is 0 Å². The molecule has 0 aromatic heterocycles. The second kappa shape index (κ2) is 7.98. The minimum Gasteiger partial charge on any atom is -0.370 e. The predicted octanol–water partition coefficient (Wildman–Crippen LogP) is 2.03. The largest absolute Gasteiger partial charge is 0.370 e. The lowest BCUT2D eigenvalue weighted by Crippen LogP contribution is -2.24. The molecule has 118 valence electrons. The van der Waals surface area contributed by atoms with Crippen LogP contribution in [0.15, 0.2) is 29.3 Å². The number of nitrogens with two attached hydrogens (primary N) is 1. The first-order chi connectivity index (χ1) is 9.48. The van der Waals surface area contributed by atoms with E-state index in [2.05, 4.69) is 23.3 Å². The fourth-order valence-electron chi connectivity index (χ4n) is 2.30. The van der Waals surface area contributed by atoms with Crippen LogP contribution in [0.1, 0.15) is 18.9 Å². The van der Waals surface area contributed by atoms with Crippen LogP contribution < -0.4 is 11.1 Å². The molecule has 0 bridgehead atoms. The third-order valence-corrected chi connectivity index (χ3v) is 5.29. The van der Waals surface area contributed by atoms with Gasteiger partial charge in [0, 0.05) is 12.2 Å². The van der Waals surface area contributed by atoms with Gasteiger partial charge in [-0.3, -0.25) is 4.99 Å². The molecule has 21 heavy (non-hydrogen) atoms. The van der Waals surface area contributed by atoms with Gasteiger partial charge in [-0.05, 0) is 36.5 Å². The van der Waals surface area contributed by atoms with Crippen molar-refractivity contribution in [2.24, 2.45) is 16.6 Å². The van der Waals surface area contributed by atoms with Gasteiger partial charge >= 0.3 is 0 Å². The summed E-state index contributed by atoms with van der Waals surface area (Å²) >= 11 is 0. The summed E-state index contributed by atoms with van der Waals surface area (Å²) in [6, 6.07) is 7.99. The van der Waals surface area contributed by atoms with E-state index in [9.17, 15) is 8.42 Å². The highest BCUT2D eigenvalue weighted by Crippen LogP contribution is 2.18. The van der Waals surface area contributed by atoms with Crippen molar-refractivity contribution >= 4 is 45.5 Å². The van der Waals surface area contributed by atoms with Gasteiger partial charge in [-0.15, -0.1) is 24.0 Å². The molecule has 1 saturated heterocycles. The monoisotopic (exact) mass is 423 g/mol. The van der Waals surface area contributed by atoms with Gasteiger partial charge in [-0.25, -0.2) is 8.42 Å². The molecule has 0 saturated carbocycles. The Morgan fingerprint density at radius 3 is 2.86 bits per heavy atom. The maximum atomic E-state index is 11.4. The predicted molar refractivity (Wildman–Crippen MR) is 98.1 cm³/mol. The average Bonchev–Trinajstić information content (AvgIpc) is 2.76. The Morgan fingerprint density at radius 2 is 2.24 bits per heavy atom. The number of rotatable bonds is 4. The molecular weight excluding hydrogens is 401 g/mol. The summed E-state index contributed by atoms with van der Waals surface area (Å²) in [6.07, 6.45) is 1.65. The molecule has 1 atom stereocenters. The lowest BCUT2D eigenvalue weighted by Gasteiger charge is -2.08. The first-order valence-corrected chi connectivity index (χ1v) is 8.67. The van der Waals surface area contributed by atoms with Crippen molar-refractivity contribution in [3.8, 4) is 0 Å². The van der Waals surface area contributed by atoms with Crippen LogP contribution in [0.2, 0.25) is 0 Å². The van der Waals surface area contributed by atoms with Gasteiger partial charge in [-0.2, -0.15) is 0 Å². The van der Waals surface area contributed by atoms with Crippen LogP contribution in [-0.4, -0.2) is 32.4 Å². The van der Waals surface area contributed by atoms with Crippen molar-refractivity contribution in [2.75, 3.05) is 23.4 Å². The van der Waals surface area contributed by atoms with Crippen LogP contribution in [0, 0.1) is 5.92 Å². The fourth-order valence-corrected chi connectivity index (χ4v) is 4.15. The summed E-state index contributed by atoms with van der Waals surface area (Å²) in [5.74, 6) is 0.943. The minimum atomic E-state index is -2.84. The smallest absolute Gasteiger partial charge is 0.193 e. The number of hydrogen-bond donors (Lipinski definition) is 2. The highest BCUT2D eigenvalue weighted by molar-refractivity contribution is 14.0. The third-order valence-electron chi connectivity index (χ3n) is 3.45. The molecule has 7 heteroatoms. The van der Waals surface area contributed by atoms with Crippen LogP contribution in [0.3, 0.4) is 0 Å². The van der Waals surface area contributed by atoms with Crippen molar-refractivity contribution in [1.82, 2.24) is 0 Å². The van der Waals surface area contributed by atoms with Crippen LogP contribution in [0.4, 0.5) is 5.69 Å². The summed E-state index contributed by atoms with van der Waals surface area (Å²) in [5.41, 5.74) is 7.97. The molecule has 1 fully saturated rings. The van der Waals surface area contributed by atoms with Crippen LogP contribution in [0.5, 0.6) is 0 Å². The molecule has 1 aliphatic rings.